The highest BCUT2D eigenvalue weighted by atomic mass is 32.2. The zero-order valence-electron chi connectivity index (χ0n) is 13.2. The van der Waals surface area contributed by atoms with Gasteiger partial charge in [0.15, 0.2) is 0 Å². The fourth-order valence-corrected chi connectivity index (χ4v) is 2.92. The number of nitrogens with one attached hydrogen (secondary N) is 1. The smallest absolute Gasteiger partial charge is 0.269 e. The van der Waals surface area contributed by atoms with Crippen molar-refractivity contribution in [3.05, 3.63) is 64.2 Å². The molecule has 0 radical (unpaired) electrons. The van der Waals surface area contributed by atoms with Crippen molar-refractivity contribution in [1.82, 2.24) is 5.32 Å². The Balaban J connectivity index is 1.77. The number of nitro groups is 1. The molecule has 0 aliphatic rings. The Morgan fingerprint density at radius 3 is 2.65 bits per heavy atom. The molecule has 2 rings (SSSR count). The predicted octanol–water partition coefficient (Wildman–Crippen LogP) is 4.05. The van der Waals surface area contributed by atoms with Crippen LogP contribution in [0.1, 0.15) is 18.5 Å². The molecule has 0 unspecified atom stereocenters. The molecule has 0 bridgehead atoms. The molecule has 0 fully saturated rings. The normalized spacial score (nSPS) is 11.9. The molecular weight excluding hydrogens is 312 g/mol. The minimum absolute atomic E-state index is 0.124. The number of methoxy groups -OCH3 is 1. The number of rotatable bonds is 8. The average molecular weight is 332 g/mol. The first-order valence-electron chi connectivity index (χ1n) is 7.34. The van der Waals surface area contributed by atoms with Gasteiger partial charge in [-0.05, 0) is 36.8 Å². The summed E-state index contributed by atoms with van der Waals surface area (Å²) >= 11 is 1.68. The van der Waals surface area contributed by atoms with Gasteiger partial charge in [0.2, 0.25) is 0 Å². The van der Waals surface area contributed by atoms with Gasteiger partial charge in [-0.3, -0.25) is 10.1 Å². The second-order valence-corrected chi connectivity index (χ2v) is 6.22. The number of thioether (sulfide) groups is 1. The average Bonchev–Trinajstić information content (AvgIpc) is 2.59. The molecular formula is C17H20N2O3S. The highest BCUT2D eigenvalue weighted by molar-refractivity contribution is 7.99. The fourth-order valence-electron chi connectivity index (χ4n) is 2.14. The van der Waals surface area contributed by atoms with E-state index in [1.54, 1.807) is 31.0 Å². The Bertz CT molecular complexity index is 647. The van der Waals surface area contributed by atoms with Gasteiger partial charge >= 0.3 is 0 Å². The number of non-ortho nitro benzene ring substituents is 1. The van der Waals surface area contributed by atoms with Gasteiger partial charge in [0.1, 0.15) is 5.75 Å². The van der Waals surface area contributed by atoms with Crippen LogP contribution in [0, 0.1) is 10.1 Å². The molecule has 23 heavy (non-hydrogen) atoms. The molecule has 0 amide bonds. The molecule has 122 valence electrons. The number of hydrogen-bond acceptors (Lipinski definition) is 5. The Labute approximate surface area is 140 Å². The molecule has 6 heteroatoms. The Morgan fingerprint density at radius 1 is 1.26 bits per heavy atom. The third-order valence-corrected chi connectivity index (χ3v) is 4.48. The summed E-state index contributed by atoms with van der Waals surface area (Å²) in [4.78, 5) is 11.3. The molecule has 0 saturated heterocycles. The lowest BCUT2D eigenvalue weighted by Crippen LogP contribution is -2.21. The number of hydrogen-bond donors (Lipinski definition) is 1. The number of nitrogens with zero attached hydrogens (tertiary/aromatic N) is 1. The maximum absolute atomic E-state index is 10.6. The van der Waals surface area contributed by atoms with Gasteiger partial charge < -0.3 is 10.1 Å². The largest absolute Gasteiger partial charge is 0.497 e. The maximum Gasteiger partial charge on any atom is 0.269 e. The van der Waals surface area contributed by atoms with E-state index in [4.69, 9.17) is 4.74 Å². The van der Waals surface area contributed by atoms with E-state index in [1.165, 1.54) is 17.7 Å². The number of benzene rings is 2. The van der Waals surface area contributed by atoms with Gasteiger partial charge in [0, 0.05) is 35.4 Å². The van der Waals surface area contributed by atoms with Crippen LogP contribution in [0.3, 0.4) is 0 Å². The predicted molar refractivity (Wildman–Crippen MR) is 93.2 cm³/mol. The monoisotopic (exact) mass is 332 g/mol. The highest BCUT2D eigenvalue weighted by Gasteiger charge is 2.06. The minimum Gasteiger partial charge on any atom is -0.497 e. The van der Waals surface area contributed by atoms with E-state index in [1.807, 2.05) is 18.2 Å². The van der Waals surface area contributed by atoms with Crippen molar-refractivity contribution in [3.63, 3.8) is 0 Å². The summed E-state index contributed by atoms with van der Waals surface area (Å²) in [5.41, 5.74) is 1.31. The molecule has 0 spiro atoms. The van der Waals surface area contributed by atoms with Gasteiger partial charge in [0.05, 0.1) is 12.0 Å². The van der Waals surface area contributed by atoms with E-state index in [0.29, 0.717) is 0 Å². The van der Waals surface area contributed by atoms with E-state index in [9.17, 15) is 10.1 Å². The zero-order chi connectivity index (χ0) is 16.7. The molecule has 0 saturated carbocycles. The summed E-state index contributed by atoms with van der Waals surface area (Å²) in [7, 11) is 1.66. The van der Waals surface area contributed by atoms with Crippen molar-refractivity contribution in [2.24, 2.45) is 0 Å². The van der Waals surface area contributed by atoms with Crippen LogP contribution in [-0.4, -0.2) is 24.3 Å². The topological polar surface area (TPSA) is 64.4 Å². The lowest BCUT2D eigenvalue weighted by Gasteiger charge is -2.15. The molecule has 1 N–H and O–H groups in total. The van der Waals surface area contributed by atoms with Crippen LogP contribution in [0.5, 0.6) is 5.75 Å². The summed E-state index contributed by atoms with van der Waals surface area (Å²) in [5.74, 6) is 1.75. The Kier molecular flexibility index (Phi) is 6.43. The first-order chi connectivity index (χ1) is 11.1. The van der Waals surface area contributed by atoms with Crippen LogP contribution < -0.4 is 10.1 Å². The second kappa shape index (κ2) is 8.55. The molecule has 0 aliphatic carbocycles. The SMILES string of the molecule is COc1cccc([C@@H](C)NCCSc2ccc([N+](=O)[O-])cc2)c1. The molecule has 2 aromatic carbocycles. The maximum atomic E-state index is 10.6. The number of nitro benzene ring substituents is 1. The first-order valence-corrected chi connectivity index (χ1v) is 8.33. The van der Waals surface area contributed by atoms with Gasteiger partial charge in [0.25, 0.3) is 5.69 Å². The number of ether oxygens (including phenoxy) is 1. The van der Waals surface area contributed by atoms with Gasteiger partial charge in [-0.1, -0.05) is 12.1 Å². The molecule has 0 heterocycles. The third kappa shape index (κ3) is 5.26. The van der Waals surface area contributed by atoms with Crippen LogP contribution in [0.15, 0.2) is 53.4 Å². The van der Waals surface area contributed by atoms with Crippen LogP contribution in [-0.2, 0) is 0 Å². The molecule has 5 nitrogen and oxygen atoms in total. The zero-order valence-corrected chi connectivity index (χ0v) is 14.0. The summed E-state index contributed by atoms with van der Waals surface area (Å²) in [6, 6.07) is 14.9. The van der Waals surface area contributed by atoms with Crippen molar-refractivity contribution in [2.75, 3.05) is 19.4 Å². The lowest BCUT2D eigenvalue weighted by molar-refractivity contribution is -0.384. The molecule has 1 atom stereocenters. The van der Waals surface area contributed by atoms with Gasteiger partial charge in [-0.15, -0.1) is 11.8 Å². The quantitative estimate of drug-likeness (QED) is 0.342. The van der Waals surface area contributed by atoms with E-state index < -0.39 is 0 Å². The molecule has 0 aromatic heterocycles. The van der Waals surface area contributed by atoms with E-state index in [-0.39, 0.29) is 16.7 Å². The highest BCUT2D eigenvalue weighted by Crippen LogP contribution is 2.22. The van der Waals surface area contributed by atoms with E-state index >= 15 is 0 Å². The standard InChI is InChI=1S/C17H20N2O3S/c1-13(14-4-3-5-16(12-14)22-2)18-10-11-23-17-8-6-15(7-9-17)19(20)21/h3-9,12-13,18H,10-11H2,1-2H3/t13-/m1/s1. The Hall–Kier alpha value is -2.05. The first kappa shape index (κ1) is 17.3. The molecule has 2 aromatic rings. The van der Waals surface area contributed by atoms with Crippen LogP contribution >= 0.6 is 11.8 Å². The van der Waals surface area contributed by atoms with Crippen molar-refractivity contribution in [3.8, 4) is 5.75 Å². The van der Waals surface area contributed by atoms with E-state index in [2.05, 4.69) is 18.3 Å². The van der Waals surface area contributed by atoms with Crippen LogP contribution in [0.25, 0.3) is 0 Å². The summed E-state index contributed by atoms with van der Waals surface area (Å²) in [6.45, 7) is 2.96. The fraction of sp³-hybridized carbons (Fsp3) is 0.294. The van der Waals surface area contributed by atoms with Crippen LogP contribution in [0.2, 0.25) is 0 Å². The van der Waals surface area contributed by atoms with Gasteiger partial charge in [-0.25, -0.2) is 0 Å². The van der Waals surface area contributed by atoms with Crippen molar-refractivity contribution >= 4 is 17.4 Å². The minimum atomic E-state index is -0.383. The summed E-state index contributed by atoms with van der Waals surface area (Å²) in [6.07, 6.45) is 0. The Morgan fingerprint density at radius 2 is 2.00 bits per heavy atom. The lowest BCUT2D eigenvalue weighted by atomic mass is 10.1. The van der Waals surface area contributed by atoms with E-state index in [0.717, 1.165) is 22.9 Å². The van der Waals surface area contributed by atoms with Crippen LogP contribution in [0.4, 0.5) is 5.69 Å². The summed E-state index contributed by atoms with van der Waals surface area (Å²) in [5, 5.41) is 14.1. The van der Waals surface area contributed by atoms with Crippen molar-refractivity contribution in [1.29, 1.82) is 0 Å². The van der Waals surface area contributed by atoms with Crippen molar-refractivity contribution < 1.29 is 9.66 Å². The second-order valence-electron chi connectivity index (χ2n) is 5.05. The third-order valence-electron chi connectivity index (χ3n) is 3.46. The van der Waals surface area contributed by atoms with Crippen molar-refractivity contribution in [2.45, 2.75) is 17.9 Å². The van der Waals surface area contributed by atoms with Gasteiger partial charge in [-0.2, -0.15) is 0 Å². The summed E-state index contributed by atoms with van der Waals surface area (Å²) < 4.78 is 5.24. The molecule has 0 aliphatic heterocycles.